The van der Waals surface area contributed by atoms with Gasteiger partial charge in [-0.15, -0.1) is 0 Å². The van der Waals surface area contributed by atoms with E-state index in [2.05, 4.69) is 12.2 Å². The maximum absolute atomic E-state index is 12.3. The van der Waals surface area contributed by atoms with Crippen molar-refractivity contribution in [2.24, 2.45) is 0 Å². The third kappa shape index (κ3) is 4.42. The van der Waals surface area contributed by atoms with Gasteiger partial charge in [-0.1, -0.05) is 38.0 Å². The fraction of sp³-hybridized carbons (Fsp3) is 0.571. The summed E-state index contributed by atoms with van der Waals surface area (Å²) < 4.78 is 24.5. The van der Waals surface area contributed by atoms with Crippen LogP contribution in [0.25, 0.3) is 0 Å². The van der Waals surface area contributed by atoms with Crippen molar-refractivity contribution in [2.75, 3.05) is 12.3 Å². The van der Waals surface area contributed by atoms with Gasteiger partial charge < -0.3 is 5.32 Å². The van der Waals surface area contributed by atoms with Gasteiger partial charge in [0.2, 0.25) is 0 Å². The summed E-state index contributed by atoms with van der Waals surface area (Å²) in [4.78, 5) is 0.423. The number of benzene rings is 1. The van der Waals surface area contributed by atoms with Crippen LogP contribution in [0.5, 0.6) is 0 Å². The van der Waals surface area contributed by atoms with E-state index in [1.54, 1.807) is 12.1 Å². The van der Waals surface area contributed by atoms with Gasteiger partial charge in [-0.2, -0.15) is 0 Å². The van der Waals surface area contributed by atoms with E-state index in [1.165, 1.54) is 0 Å². The van der Waals surface area contributed by atoms with E-state index in [4.69, 9.17) is 0 Å². The third-order valence-electron chi connectivity index (χ3n) is 2.93. The molecule has 1 rings (SSSR count). The third-order valence-corrected chi connectivity index (χ3v) is 4.76. The summed E-state index contributed by atoms with van der Waals surface area (Å²) in [6.07, 6.45) is 1.88. The van der Waals surface area contributed by atoms with E-state index < -0.39 is 9.84 Å². The first-order valence-corrected chi connectivity index (χ1v) is 8.17. The Kier molecular flexibility index (Phi) is 5.82. The van der Waals surface area contributed by atoms with Crippen LogP contribution in [0, 0.1) is 6.92 Å². The normalized spacial score (nSPS) is 13.5. The predicted octanol–water partition coefficient (Wildman–Crippen LogP) is 2.55. The van der Waals surface area contributed by atoms with Gasteiger partial charge in [-0.3, -0.25) is 0 Å². The molecule has 1 unspecified atom stereocenters. The molecule has 0 aromatic heterocycles. The lowest BCUT2D eigenvalue weighted by Crippen LogP contribution is -2.35. The molecule has 0 radical (unpaired) electrons. The standard InChI is InChI=1S/C14H23NO2S/c1-4-6-13(15-5-2)11-18(16,17)14-9-7-12(3)8-10-14/h7-10,13,15H,4-6,11H2,1-3H3. The van der Waals surface area contributed by atoms with Gasteiger partial charge in [0.05, 0.1) is 10.6 Å². The first-order chi connectivity index (χ1) is 8.49. The average molecular weight is 269 g/mol. The van der Waals surface area contributed by atoms with Crippen molar-refractivity contribution >= 4 is 9.84 Å². The SMILES string of the molecule is CCCC(CS(=O)(=O)c1ccc(C)cc1)NCC. The highest BCUT2D eigenvalue weighted by Gasteiger charge is 2.19. The lowest BCUT2D eigenvalue weighted by molar-refractivity contribution is 0.512. The first kappa shape index (κ1) is 15.2. The van der Waals surface area contributed by atoms with Crippen molar-refractivity contribution < 1.29 is 8.42 Å². The Morgan fingerprint density at radius 3 is 2.28 bits per heavy atom. The molecule has 0 saturated heterocycles. The van der Waals surface area contributed by atoms with Crippen LogP contribution in [0.1, 0.15) is 32.3 Å². The number of nitrogens with one attached hydrogen (secondary N) is 1. The Bertz CT molecular complexity index is 445. The smallest absolute Gasteiger partial charge is 0.179 e. The van der Waals surface area contributed by atoms with E-state index in [1.807, 2.05) is 26.0 Å². The molecule has 4 heteroatoms. The summed E-state index contributed by atoms with van der Waals surface area (Å²) in [5.74, 6) is 0.178. The van der Waals surface area contributed by atoms with Crippen LogP contribution in [0.4, 0.5) is 0 Å². The van der Waals surface area contributed by atoms with Crippen LogP contribution in [-0.4, -0.2) is 26.8 Å². The van der Waals surface area contributed by atoms with Crippen LogP contribution in [0.3, 0.4) is 0 Å². The lowest BCUT2D eigenvalue weighted by atomic mass is 10.2. The quantitative estimate of drug-likeness (QED) is 0.827. The summed E-state index contributed by atoms with van der Waals surface area (Å²) in [5, 5.41) is 3.24. The van der Waals surface area contributed by atoms with Crippen LogP contribution in [0.2, 0.25) is 0 Å². The largest absolute Gasteiger partial charge is 0.313 e. The first-order valence-electron chi connectivity index (χ1n) is 6.52. The molecule has 0 aliphatic carbocycles. The second-order valence-corrected chi connectivity index (χ2v) is 6.67. The molecule has 1 aromatic rings. The predicted molar refractivity (Wildman–Crippen MR) is 75.6 cm³/mol. The number of hydrogen-bond donors (Lipinski definition) is 1. The fourth-order valence-corrected chi connectivity index (χ4v) is 3.55. The topological polar surface area (TPSA) is 46.2 Å². The zero-order valence-corrected chi connectivity index (χ0v) is 12.3. The molecule has 0 bridgehead atoms. The molecule has 0 heterocycles. The van der Waals surface area contributed by atoms with Gasteiger partial charge in [0, 0.05) is 6.04 Å². The minimum Gasteiger partial charge on any atom is -0.313 e. The summed E-state index contributed by atoms with van der Waals surface area (Å²) >= 11 is 0. The summed E-state index contributed by atoms with van der Waals surface area (Å²) in [6, 6.07) is 7.12. The minimum atomic E-state index is -3.18. The van der Waals surface area contributed by atoms with Gasteiger partial charge >= 0.3 is 0 Å². The zero-order valence-electron chi connectivity index (χ0n) is 11.4. The molecule has 0 aliphatic rings. The second kappa shape index (κ2) is 6.90. The molecule has 18 heavy (non-hydrogen) atoms. The number of hydrogen-bond acceptors (Lipinski definition) is 3. The summed E-state index contributed by atoms with van der Waals surface area (Å²) in [5.41, 5.74) is 1.07. The molecular formula is C14H23NO2S. The van der Waals surface area contributed by atoms with Crippen molar-refractivity contribution in [3.8, 4) is 0 Å². The Balaban J connectivity index is 2.82. The average Bonchev–Trinajstić information content (AvgIpc) is 2.29. The molecule has 0 fully saturated rings. The van der Waals surface area contributed by atoms with Gasteiger partial charge in [-0.05, 0) is 32.0 Å². The maximum atomic E-state index is 12.3. The van der Waals surface area contributed by atoms with Gasteiger partial charge in [-0.25, -0.2) is 8.42 Å². The van der Waals surface area contributed by atoms with E-state index >= 15 is 0 Å². The summed E-state index contributed by atoms with van der Waals surface area (Å²) in [7, 11) is -3.18. The zero-order chi connectivity index (χ0) is 13.6. The molecule has 1 N–H and O–H groups in total. The molecule has 0 aliphatic heterocycles. The van der Waals surface area contributed by atoms with Gasteiger partial charge in [0.15, 0.2) is 9.84 Å². The highest BCUT2D eigenvalue weighted by atomic mass is 32.2. The van der Waals surface area contributed by atoms with Crippen LogP contribution in [0.15, 0.2) is 29.2 Å². The van der Waals surface area contributed by atoms with E-state index in [0.29, 0.717) is 4.90 Å². The molecule has 1 aromatic carbocycles. The number of aryl methyl sites for hydroxylation is 1. The number of rotatable bonds is 7. The Labute approximate surface area is 111 Å². The molecule has 3 nitrogen and oxygen atoms in total. The van der Waals surface area contributed by atoms with E-state index in [9.17, 15) is 8.42 Å². The number of sulfone groups is 1. The Hall–Kier alpha value is -0.870. The Morgan fingerprint density at radius 1 is 1.17 bits per heavy atom. The van der Waals surface area contributed by atoms with E-state index in [-0.39, 0.29) is 11.8 Å². The fourth-order valence-electron chi connectivity index (χ4n) is 1.99. The van der Waals surface area contributed by atoms with Crippen molar-refractivity contribution in [1.82, 2.24) is 5.32 Å². The highest BCUT2D eigenvalue weighted by Crippen LogP contribution is 2.14. The molecule has 0 saturated carbocycles. The van der Waals surface area contributed by atoms with Gasteiger partial charge in [0.1, 0.15) is 0 Å². The van der Waals surface area contributed by atoms with E-state index in [0.717, 1.165) is 24.9 Å². The van der Waals surface area contributed by atoms with Crippen LogP contribution < -0.4 is 5.32 Å². The van der Waals surface area contributed by atoms with Crippen LogP contribution in [-0.2, 0) is 9.84 Å². The van der Waals surface area contributed by atoms with Crippen molar-refractivity contribution in [3.05, 3.63) is 29.8 Å². The minimum absolute atomic E-state index is 0.0475. The van der Waals surface area contributed by atoms with Crippen molar-refractivity contribution in [2.45, 2.75) is 44.6 Å². The van der Waals surface area contributed by atoms with Crippen molar-refractivity contribution in [1.29, 1.82) is 0 Å². The Morgan fingerprint density at radius 2 is 1.78 bits per heavy atom. The monoisotopic (exact) mass is 269 g/mol. The summed E-state index contributed by atoms with van der Waals surface area (Å²) in [6.45, 7) is 6.83. The van der Waals surface area contributed by atoms with Crippen LogP contribution >= 0.6 is 0 Å². The molecule has 0 amide bonds. The molecule has 1 atom stereocenters. The maximum Gasteiger partial charge on any atom is 0.179 e. The molecule has 102 valence electrons. The second-order valence-electron chi connectivity index (χ2n) is 4.64. The lowest BCUT2D eigenvalue weighted by Gasteiger charge is -2.17. The molecular weight excluding hydrogens is 246 g/mol. The molecule has 0 spiro atoms. The highest BCUT2D eigenvalue weighted by molar-refractivity contribution is 7.91. The van der Waals surface area contributed by atoms with Crippen molar-refractivity contribution in [3.63, 3.8) is 0 Å². The van der Waals surface area contributed by atoms with Gasteiger partial charge in [0.25, 0.3) is 0 Å².